The zero-order valence-electron chi connectivity index (χ0n) is 19.9. The van der Waals surface area contributed by atoms with Crippen LogP contribution in [-0.2, 0) is 9.59 Å². The molecule has 1 atom stereocenters. The Labute approximate surface area is 215 Å². The number of benzene rings is 2. The summed E-state index contributed by atoms with van der Waals surface area (Å²) in [6.45, 7) is 4.49. The smallest absolute Gasteiger partial charge is 0.236 e. The number of likely N-dealkylation sites (tertiary alicyclic amines) is 1. The summed E-state index contributed by atoms with van der Waals surface area (Å²) in [6.07, 6.45) is 4.12. The molecule has 0 spiro atoms. The highest BCUT2D eigenvalue weighted by molar-refractivity contribution is 6.32. The van der Waals surface area contributed by atoms with Crippen LogP contribution in [0.3, 0.4) is 0 Å². The maximum Gasteiger partial charge on any atom is 0.236 e. The van der Waals surface area contributed by atoms with Crippen LogP contribution in [0.1, 0.15) is 6.42 Å². The van der Waals surface area contributed by atoms with Crippen LogP contribution in [0.2, 0.25) is 5.02 Å². The molecule has 2 aliphatic rings. The topological polar surface area (TPSA) is 89.3 Å². The normalized spacial score (nSPS) is 18.4. The third-order valence-electron chi connectivity index (χ3n) is 6.92. The van der Waals surface area contributed by atoms with Gasteiger partial charge in [0.25, 0.3) is 0 Å². The molecule has 0 saturated carbocycles. The Hall–Kier alpha value is -3.49. The van der Waals surface area contributed by atoms with Gasteiger partial charge in [-0.15, -0.1) is 0 Å². The molecule has 0 radical (unpaired) electrons. The van der Waals surface area contributed by atoms with E-state index in [0.717, 1.165) is 29.9 Å². The van der Waals surface area contributed by atoms with E-state index in [4.69, 9.17) is 16.0 Å². The van der Waals surface area contributed by atoms with Gasteiger partial charge in [0, 0.05) is 49.7 Å². The molecule has 5 rings (SSSR count). The van der Waals surface area contributed by atoms with E-state index < -0.39 is 0 Å². The number of carbonyl (C=O) groups is 2. The molecule has 1 aromatic heterocycles. The molecule has 2 fully saturated rings. The lowest BCUT2D eigenvalue weighted by Gasteiger charge is -2.37. The molecule has 0 aliphatic carbocycles. The van der Waals surface area contributed by atoms with Crippen molar-refractivity contribution in [1.29, 1.82) is 0 Å². The number of hydrogen-bond acceptors (Lipinski definition) is 6. The molecule has 2 aliphatic heterocycles. The van der Waals surface area contributed by atoms with Gasteiger partial charge in [-0.05, 0) is 54.9 Å². The van der Waals surface area contributed by atoms with Gasteiger partial charge in [-0.2, -0.15) is 0 Å². The molecule has 36 heavy (non-hydrogen) atoms. The summed E-state index contributed by atoms with van der Waals surface area (Å²) in [5.41, 5.74) is 3.85. The van der Waals surface area contributed by atoms with Crippen molar-refractivity contribution in [2.45, 2.75) is 6.42 Å². The molecule has 3 aromatic rings. The summed E-state index contributed by atoms with van der Waals surface area (Å²) >= 11 is 5.92. The fraction of sp³-hybridized carbons (Fsp3) is 0.333. The number of hydrogen-bond donors (Lipinski definition) is 2. The van der Waals surface area contributed by atoms with Crippen LogP contribution >= 0.6 is 11.6 Å². The van der Waals surface area contributed by atoms with Crippen molar-refractivity contribution in [3.05, 3.63) is 66.1 Å². The molecule has 188 valence electrons. The number of furan rings is 1. The number of halogens is 1. The van der Waals surface area contributed by atoms with E-state index in [9.17, 15) is 14.7 Å². The summed E-state index contributed by atoms with van der Waals surface area (Å²) in [5, 5.41) is 12.6. The second-order valence-corrected chi connectivity index (χ2v) is 9.71. The lowest BCUT2D eigenvalue weighted by atomic mass is 10.1. The molecular weight excluding hydrogens is 480 g/mol. The van der Waals surface area contributed by atoms with Crippen molar-refractivity contribution >= 4 is 34.8 Å². The van der Waals surface area contributed by atoms with Gasteiger partial charge < -0.3 is 24.6 Å². The Bertz CT molecular complexity index is 1220. The van der Waals surface area contributed by atoms with Gasteiger partial charge in [-0.3, -0.25) is 14.5 Å². The van der Waals surface area contributed by atoms with Gasteiger partial charge in [0.05, 0.1) is 30.0 Å². The zero-order valence-corrected chi connectivity index (χ0v) is 20.7. The van der Waals surface area contributed by atoms with Crippen LogP contribution < -0.4 is 10.2 Å². The highest BCUT2D eigenvalue weighted by Gasteiger charge is 2.31. The van der Waals surface area contributed by atoms with E-state index in [1.807, 2.05) is 17.0 Å². The van der Waals surface area contributed by atoms with Gasteiger partial charge in [0.1, 0.15) is 5.75 Å². The van der Waals surface area contributed by atoms with Crippen molar-refractivity contribution in [1.82, 2.24) is 9.80 Å². The number of rotatable bonds is 6. The van der Waals surface area contributed by atoms with Gasteiger partial charge in [0.15, 0.2) is 0 Å². The number of aromatic hydroxyl groups is 1. The Balaban J connectivity index is 1.09. The number of amides is 2. The van der Waals surface area contributed by atoms with Gasteiger partial charge in [-0.1, -0.05) is 23.7 Å². The van der Waals surface area contributed by atoms with E-state index in [1.54, 1.807) is 18.6 Å². The Morgan fingerprint density at radius 3 is 2.61 bits per heavy atom. The summed E-state index contributed by atoms with van der Waals surface area (Å²) in [7, 11) is 0. The van der Waals surface area contributed by atoms with Crippen molar-refractivity contribution < 1.29 is 19.1 Å². The highest BCUT2D eigenvalue weighted by atomic mass is 35.5. The third-order valence-corrected chi connectivity index (χ3v) is 7.22. The van der Waals surface area contributed by atoms with E-state index >= 15 is 0 Å². The summed E-state index contributed by atoms with van der Waals surface area (Å²) in [6, 6.07) is 14.9. The van der Waals surface area contributed by atoms with Crippen LogP contribution in [0.15, 0.2) is 65.5 Å². The second-order valence-electron chi connectivity index (χ2n) is 9.31. The Morgan fingerprint density at radius 2 is 1.86 bits per heavy atom. The van der Waals surface area contributed by atoms with Crippen molar-refractivity contribution in [3.63, 3.8) is 0 Å². The largest absolute Gasteiger partial charge is 0.506 e. The van der Waals surface area contributed by atoms with E-state index in [2.05, 4.69) is 33.3 Å². The van der Waals surface area contributed by atoms with E-state index in [0.29, 0.717) is 44.8 Å². The van der Waals surface area contributed by atoms with Crippen molar-refractivity contribution in [2.75, 3.05) is 56.0 Å². The average Bonchev–Trinajstić information content (AvgIpc) is 3.59. The number of carbonyl (C=O) groups excluding carboxylic acids is 2. The van der Waals surface area contributed by atoms with E-state index in [-0.39, 0.29) is 28.5 Å². The van der Waals surface area contributed by atoms with Crippen molar-refractivity contribution in [2.24, 2.45) is 5.92 Å². The molecule has 0 unspecified atom stereocenters. The molecule has 2 aromatic carbocycles. The molecular formula is C27H29ClN4O4. The van der Waals surface area contributed by atoms with Gasteiger partial charge in [0.2, 0.25) is 11.8 Å². The second kappa shape index (κ2) is 10.6. The maximum absolute atomic E-state index is 13.0. The van der Waals surface area contributed by atoms with Gasteiger partial charge in [-0.25, -0.2) is 0 Å². The minimum atomic E-state index is -0.190. The van der Waals surface area contributed by atoms with Crippen LogP contribution in [0.4, 0.5) is 11.4 Å². The number of phenolic OH excluding ortho intramolecular Hbond substituents is 1. The fourth-order valence-corrected chi connectivity index (χ4v) is 5.02. The SMILES string of the molecule is O=C(Nc1ccc(O)c(Cl)c1)[C@@H]1CCN(CC(=O)N2CCN(c3cccc(-c4ccoc4)c3)CC2)C1. The number of piperazine rings is 1. The summed E-state index contributed by atoms with van der Waals surface area (Å²) in [5.74, 6) is -0.209. The highest BCUT2D eigenvalue weighted by Crippen LogP contribution is 2.28. The first-order chi connectivity index (χ1) is 17.5. The fourth-order valence-electron chi connectivity index (χ4n) is 4.84. The molecule has 2 saturated heterocycles. The standard InChI is InChI=1S/C27H29ClN4O4/c28-24-15-22(4-5-25(24)33)29-27(35)20-6-8-30(16-20)17-26(34)32-11-9-31(10-12-32)23-3-1-2-19(14-23)21-7-13-36-18-21/h1-5,7,13-15,18,20,33H,6,8-12,16-17H2,(H,29,35)/t20-/m1/s1. The Kier molecular flexibility index (Phi) is 7.16. The van der Waals surface area contributed by atoms with E-state index in [1.165, 1.54) is 12.1 Å². The number of anilines is 2. The first-order valence-electron chi connectivity index (χ1n) is 12.1. The average molecular weight is 509 g/mol. The van der Waals surface area contributed by atoms with Crippen molar-refractivity contribution in [3.8, 4) is 16.9 Å². The maximum atomic E-state index is 13.0. The number of nitrogens with zero attached hydrogens (tertiary/aromatic N) is 3. The minimum absolute atomic E-state index is 0.0242. The first kappa shape index (κ1) is 24.2. The number of phenols is 1. The summed E-state index contributed by atoms with van der Waals surface area (Å²) in [4.78, 5) is 31.9. The number of nitrogens with one attached hydrogen (secondary N) is 1. The molecule has 8 nitrogen and oxygen atoms in total. The summed E-state index contributed by atoms with van der Waals surface area (Å²) < 4.78 is 5.21. The van der Waals surface area contributed by atoms with Gasteiger partial charge >= 0.3 is 0 Å². The predicted octanol–water partition coefficient (Wildman–Crippen LogP) is 3.91. The lowest BCUT2D eigenvalue weighted by Crippen LogP contribution is -2.51. The van der Waals surface area contributed by atoms with Crippen LogP contribution in [0, 0.1) is 5.92 Å². The monoisotopic (exact) mass is 508 g/mol. The predicted molar refractivity (Wildman–Crippen MR) is 139 cm³/mol. The molecule has 9 heteroatoms. The Morgan fingerprint density at radius 1 is 1.03 bits per heavy atom. The zero-order chi connectivity index (χ0) is 25.1. The minimum Gasteiger partial charge on any atom is -0.506 e. The molecule has 0 bridgehead atoms. The third kappa shape index (κ3) is 5.50. The first-order valence-corrected chi connectivity index (χ1v) is 12.5. The van der Waals surface area contributed by atoms with Crippen LogP contribution in [0.5, 0.6) is 5.75 Å². The molecule has 2 amide bonds. The molecule has 3 heterocycles. The van der Waals surface area contributed by atoms with Crippen LogP contribution in [-0.4, -0.2) is 72.5 Å². The van der Waals surface area contributed by atoms with Crippen LogP contribution in [0.25, 0.3) is 11.1 Å². The lowest BCUT2D eigenvalue weighted by molar-refractivity contribution is -0.132. The quantitative estimate of drug-likeness (QED) is 0.491. The molecule has 2 N–H and O–H groups in total.